The Labute approximate surface area is 94.6 Å². The van der Waals surface area contributed by atoms with E-state index in [9.17, 15) is 3.89 Å². The van der Waals surface area contributed by atoms with Crippen LogP contribution < -0.4 is 0 Å². The lowest BCUT2D eigenvalue weighted by atomic mass is 10.3. The van der Waals surface area contributed by atoms with Crippen LogP contribution in [-0.4, -0.2) is 18.0 Å². The number of halogens is 1. The van der Waals surface area contributed by atoms with Crippen LogP contribution in [0.3, 0.4) is 0 Å². The van der Waals surface area contributed by atoms with Crippen molar-refractivity contribution in [3.63, 3.8) is 0 Å². The molecule has 0 unspecified atom stereocenters. The molecule has 0 atom stereocenters. The Morgan fingerprint density at radius 2 is 2.00 bits per heavy atom. The normalized spacial score (nSPS) is 8.69. The third-order valence-electron chi connectivity index (χ3n) is 1.09. The molecule has 5 nitrogen and oxygen atoms in total. The van der Waals surface area contributed by atoms with Gasteiger partial charge in [0.25, 0.3) is 0 Å². The van der Waals surface area contributed by atoms with E-state index in [0.29, 0.717) is 0 Å². The van der Waals surface area contributed by atoms with Gasteiger partial charge in [-0.25, -0.2) is 0 Å². The molecule has 1 aromatic rings. The maximum Gasteiger partial charge on any atom is 0.435 e. The number of hydrogen-bond acceptors (Lipinski definition) is 4. The molecule has 0 saturated carbocycles. The molecular formula is C9H13FN2O3S. The summed E-state index contributed by atoms with van der Waals surface area (Å²) in [6.07, 6.45) is 2.85. The highest BCUT2D eigenvalue weighted by atomic mass is 32.3. The zero-order chi connectivity index (χ0) is 13.0. The van der Waals surface area contributed by atoms with Crippen LogP contribution in [0.25, 0.3) is 0 Å². The third-order valence-corrected chi connectivity index (χ3v) is 1.09. The molecule has 90 valence electrons. The van der Waals surface area contributed by atoms with Crippen LogP contribution in [0.15, 0.2) is 24.4 Å². The fourth-order valence-electron chi connectivity index (χ4n) is 0.607. The van der Waals surface area contributed by atoms with Gasteiger partial charge in [-0.2, -0.15) is 13.7 Å². The Kier molecular flexibility index (Phi) is 10.6. The van der Waals surface area contributed by atoms with E-state index in [-0.39, 0.29) is 0 Å². The summed E-state index contributed by atoms with van der Waals surface area (Å²) in [5, 5.41) is 7.32. The number of rotatable bonds is 1. The number of nitriles is 1. The molecule has 0 fully saturated rings. The molecule has 1 rings (SSSR count). The van der Waals surface area contributed by atoms with Gasteiger partial charge in [0.1, 0.15) is 0 Å². The second kappa shape index (κ2) is 10.0. The molecule has 1 N–H and O–H groups in total. The van der Waals surface area contributed by atoms with Crippen molar-refractivity contribution in [3.05, 3.63) is 30.1 Å². The predicted octanol–water partition coefficient (Wildman–Crippen LogP) is 1.93. The quantitative estimate of drug-likeness (QED) is 0.605. The van der Waals surface area contributed by atoms with Crippen molar-refractivity contribution >= 4 is 10.5 Å². The van der Waals surface area contributed by atoms with Gasteiger partial charge in [-0.1, -0.05) is 16.9 Å². The minimum absolute atomic E-state index is 1.03. The lowest BCUT2D eigenvalue weighted by Crippen LogP contribution is -1.81. The molecule has 0 aliphatic carbocycles. The topological polar surface area (TPSA) is 91.0 Å². The van der Waals surface area contributed by atoms with Gasteiger partial charge in [-0.15, -0.1) is 0 Å². The van der Waals surface area contributed by atoms with Gasteiger partial charge in [-0.05, 0) is 18.6 Å². The number of pyridine rings is 1. The van der Waals surface area contributed by atoms with Gasteiger partial charge >= 0.3 is 10.5 Å². The van der Waals surface area contributed by atoms with Crippen molar-refractivity contribution in [3.8, 4) is 6.07 Å². The molecule has 16 heavy (non-hydrogen) atoms. The lowest BCUT2D eigenvalue weighted by molar-refractivity contribution is 0.435. The first kappa shape index (κ1) is 16.9. The average molecular weight is 248 g/mol. The smallest absolute Gasteiger partial charge is 0.261 e. The largest absolute Gasteiger partial charge is 0.435 e. The summed E-state index contributed by atoms with van der Waals surface area (Å²) in [6, 6.07) is 7.71. The van der Waals surface area contributed by atoms with E-state index >= 15 is 0 Å². The van der Waals surface area contributed by atoms with E-state index in [1.165, 1.54) is 6.92 Å². The Morgan fingerprint density at radius 3 is 2.19 bits per heavy atom. The molecule has 0 spiro atoms. The second-order valence-electron chi connectivity index (χ2n) is 2.31. The predicted molar refractivity (Wildman–Crippen MR) is 57.6 cm³/mol. The highest BCUT2D eigenvalue weighted by Crippen LogP contribution is 1.91. The van der Waals surface area contributed by atoms with Crippen LogP contribution in [0.2, 0.25) is 0 Å². The summed E-state index contributed by atoms with van der Waals surface area (Å²) in [4.78, 5) is 4.10. The van der Waals surface area contributed by atoms with Crippen molar-refractivity contribution in [2.45, 2.75) is 20.3 Å². The van der Waals surface area contributed by atoms with E-state index in [1.807, 2.05) is 24.4 Å². The first-order valence-corrected chi connectivity index (χ1v) is 5.57. The first-order valence-electron chi connectivity index (χ1n) is 4.22. The highest BCUT2D eigenvalue weighted by Gasteiger charge is 1.89. The standard InChI is InChI=1S/C7H9N.C2H3N.FHO3S/c1-2-7-5-3-4-6-8-7;1-2-3;1-5(2,3)4/h3-6H,2H2,1H3;1H3;(H,2,3,4). The van der Waals surface area contributed by atoms with Crippen LogP contribution in [0.4, 0.5) is 3.89 Å². The van der Waals surface area contributed by atoms with Crippen molar-refractivity contribution in [1.29, 1.82) is 5.26 Å². The Morgan fingerprint density at radius 1 is 1.56 bits per heavy atom. The van der Waals surface area contributed by atoms with Gasteiger partial charge in [0.15, 0.2) is 0 Å². The molecule has 0 aliphatic heterocycles. The monoisotopic (exact) mass is 248 g/mol. The fourth-order valence-corrected chi connectivity index (χ4v) is 0.607. The highest BCUT2D eigenvalue weighted by molar-refractivity contribution is 7.80. The van der Waals surface area contributed by atoms with E-state index in [1.54, 1.807) is 6.07 Å². The zero-order valence-corrected chi connectivity index (χ0v) is 9.78. The van der Waals surface area contributed by atoms with Crippen molar-refractivity contribution < 1.29 is 16.9 Å². The summed E-state index contributed by atoms with van der Waals surface area (Å²) in [5.41, 5.74) is 1.16. The van der Waals surface area contributed by atoms with Gasteiger partial charge in [0.05, 0.1) is 6.07 Å². The number of aryl methyl sites for hydroxylation is 1. The number of hydrogen-bond donors (Lipinski definition) is 1. The molecule has 0 amide bonds. The third kappa shape index (κ3) is 22.9. The van der Waals surface area contributed by atoms with Crippen LogP contribution in [-0.2, 0) is 16.9 Å². The molecule has 7 heteroatoms. The molecule has 0 aromatic carbocycles. The first-order chi connectivity index (χ1) is 7.35. The minimum Gasteiger partial charge on any atom is -0.261 e. The van der Waals surface area contributed by atoms with Gasteiger partial charge in [0, 0.05) is 18.8 Å². The Bertz CT molecular complexity index is 393. The summed E-state index contributed by atoms with van der Waals surface area (Å²) >= 11 is 0. The van der Waals surface area contributed by atoms with E-state index in [2.05, 4.69) is 11.9 Å². The number of aromatic nitrogens is 1. The second-order valence-corrected chi connectivity index (χ2v) is 3.13. The SMILES string of the molecule is CC#N.CCc1ccccn1.O=S(=O)(O)F. The summed E-state index contributed by atoms with van der Waals surface area (Å²) in [6.45, 7) is 3.53. The van der Waals surface area contributed by atoms with E-state index < -0.39 is 10.5 Å². The van der Waals surface area contributed by atoms with Crippen molar-refractivity contribution in [2.24, 2.45) is 0 Å². The van der Waals surface area contributed by atoms with E-state index in [0.717, 1.165) is 12.1 Å². The van der Waals surface area contributed by atoms with Gasteiger partial charge in [0.2, 0.25) is 0 Å². The van der Waals surface area contributed by atoms with Crippen molar-refractivity contribution in [1.82, 2.24) is 4.98 Å². The molecular weight excluding hydrogens is 235 g/mol. The summed E-state index contributed by atoms with van der Waals surface area (Å²) < 4.78 is 34.1. The molecule has 0 radical (unpaired) electrons. The summed E-state index contributed by atoms with van der Waals surface area (Å²) in [5.74, 6) is 0. The van der Waals surface area contributed by atoms with Crippen LogP contribution in [0, 0.1) is 11.3 Å². The molecule has 0 aliphatic rings. The van der Waals surface area contributed by atoms with Crippen LogP contribution >= 0.6 is 0 Å². The fraction of sp³-hybridized carbons (Fsp3) is 0.333. The van der Waals surface area contributed by atoms with Crippen LogP contribution in [0.5, 0.6) is 0 Å². The van der Waals surface area contributed by atoms with E-state index in [4.69, 9.17) is 18.2 Å². The van der Waals surface area contributed by atoms with Gasteiger partial charge in [-0.3, -0.25) is 9.54 Å². The average Bonchev–Trinajstić information content (AvgIpc) is 2.18. The number of nitrogens with zero attached hydrogens (tertiary/aromatic N) is 2. The van der Waals surface area contributed by atoms with Gasteiger partial charge < -0.3 is 0 Å². The molecule has 0 bridgehead atoms. The van der Waals surface area contributed by atoms with Crippen molar-refractivity contribution in [2.75, 3.05) is 0 Å². The van der Waals surface area contributed by atoms with Crippen LogP contribution in [0.1, 0.15) is 19.5 Å². The Balaban J connectivity index is 0. The minimum atomic E-state index is -5.17. The maximum atomic E-state index is 10.2. The Hall–Kier alpha value is -1.52. The lowest BCUT2D eigenvalue weighted by Gasteiger charge is -1.88. The maximum absolute atomic E-state index is 10.2. The molecule has 1 heterocycles. The summed E-state index contributed by atoms with van der Waals surface area (Å²) in [7, 11) is -5.17. The zero-order valence-electron chi connectivity index (χ0n) is 8.96. The molecule has 1 aromatic heterocycles. The molecule has 0 saturated heterocycles.